The molecular formula is C23H38O4. The molecule has 0 saturated heterocycles. The summed E-state index contributed by atoms with van der Waals surface area (Å²) in [5.74, 6) is 1.67. The first-order valence-electron chi connectivity index (χ1n) is 10.9. The smallest absolute Gasteiger partial charge is 0.312 e. The second-order valence-electron chi connectivity index (χ2n) is 11.2. The molecule has 1 unspecified atom stereocenters. The summed E-state index contributed by atoms with van der Waals surface area (Å²) in [5, 5.41) is 0. The Kier molecular flexibility index (Phi) is 5.42. The number of hydrogen-bond acceptors (Lipinski definition) is 4. The van der Waals surface area contributed by atoms with E-state index < -0.39 is 11.0 Å². The predicted molar refractivity (Wildman–Crippen MR) is 105 cm³/mol. The third kappa shape index (κ3) is 4.68. The highest BCUT2D eigenvalue weighted by Crippen LogP contribution is 2.57. The lowest BCUT2D eigenvalue weighted by Crippen LogP contribution is -2.53. The molecule has 4 rings (SSSR count). The van der Waals surface area contributed by atoms with E-state index in [2.05, 4.69) is 0 Å². The van der Waals surface area contributed by atoms with E-state index in [1.54, 1.807) is 0 Å². The lowest BCUT2D eigenvalue weighted by molar-refractivity contribution is -0.192. The number of carbonyl (C=O) groups excluding carboxylic acids is 2. The van der Waals surface area contributed by atoms with Crippen molar-refractivity contribution < 1.29 is 19.1 Å². The Morgan fingerprint density at radius 1 is 0.963 bits per heavy atom. The van der Waals surface area contributed by atoms with Crippen LogP contribution in [0.1, 0.15) is 92.9 Å². The number of rotatable bonds is 6. The molecule has 0 spiro atoms. The number of hydrogen-bond donors (Lipinski definition) is 0. The minimum Gasteiger partial charge on any atom is -0.460 e. The highest BCUT2D eigenvalue weighted by molar-refractivity contribution is 5.78. The van der Waals surface area contributed by atoms with Gasteiger partial charge in [0.05, 0.1) is 11.3 Å². The zero-order valence-corrected chi connectivity index (χ0v) is 18.1. The molecule has 1 atom stereocenters. The number of carbonyl (C=O) groups is 2. The Bertz CT molecular complexity index is 548. The predicted octanol–water partition coefficient (Wildman–Crippen LogP) is 5.28. The van der Waals surface area contributed by atoms with Gasteiger partial charge in [-0.15, -0.1) is 0 Å². The Hall–Kier alpha value is -1.06. The van der Waals surface area contributed by atoms with Gasteiger partial charge in [-0.3, -0.25) is 9.59 Å². The van der Waals surface area contributed by atoms with E-state index in [1.807, 2.05) is 41.5 Å². The van der Waals surface area contributed by atoms with Crippen LogP contribution in [0.3, 0.4) is 0 Å². The molecule has 4 bridgehead atoms. The average molecular weight is 379 g/mol. The topological polar surface area (TPSA) is 52.6 Å². The zero-order valence-electron chi connectivity index (χ0n) is 18.1. The van der Waals surface area contributed by atoms with E-state index in [0.29, 0.717) is 12.8 Å². The molecule has 4 saturated carbocycles. The Morgan fingerprint density at radius 2 is 1.44 bits per heavy atom. The first-order valence-corrected chi connectivity index (χ1v) is 10.9. The molecule has 0 amide bonds. The van der Waals surface area contributed by atoms with Crippen LogP contribution >= 0.6 is 0 Å². The SMILES string of the molecule is CCC(CC(C)(C)C(=O)OC(C)(C)C)C(=O)OC12CC3CC(CC(C3)C1)C2. The van der Waals surface area contributed by atoms with E-state index in [0.717, 1.165) is 37.0 Å². The van der Waals surface area contributed by atoms with Gasteiger partial charge in [-0.2, -0.15) is 0 Å². The van der Waals surface area contributed by atoms with Crippen molar-refractivity contribution in [3.05, 3.63) is 0 Å². The van der Waals surface area contributed by atoms with Crippen molar-refractivity contribution in [3.8, 4) is 0 Å². The van der Waals surface area contributed by atoms with Crippen LogP contribution in [0.4, 0.5) is 0 Å². The highest BCUT2D eigenvalue weighted by Gasteiger charge is 2.53. The fraction of sp³-hybridized carbons (Fsp3) is 0.913. The quantitative estimate of drug-likeness (QED) is 0.590. The summed E-state index contributed by atoms with van der Waals surface area (Å²) < 4.78 is 11.8. The maximum Gasteiger partial charge on any atom is 0.312 e. The van der Waals surface area contributed by atoms with Crippen molar-refractivity contribution in [3.63, 3.8) is 0 Å². The fourth-order valence-corrected chi connectivity index (χ4v) is 5.96. The van der Waals surface area contributed by atoms with E-state index in [4.69, 9.17) is 9.47 Å². The summed E-state index contributed by atoms with van der Waals surface area (Å²) in [7, 11) is 0. The first-order chi connectivity index (χ1) is 12.4. The molecule has 4 aliphatic carbocycles. The second kappa shape index (κ2) is 7.08. The van der Waals surface area contributed by atoms with Gasteiger partial charge in [-0.05, 0) is 104 Å². The van der Waals surface area contributed by atoms with Gasteiger partial charge in [0.2, 0.25) is 0 Å². The van der Waals surface area contributed by atoms with Crippen molar-refractivity contribution in [1.29, 1.82) is 0 Å². The summed E-state index contributed by atoms with van der Waals surface area (Å²) >= 11 is 0. The molecule has 4 heteroatoms. The van der Waals surface area contributed by atoms with Gasteiger partial charge in [0.1, 0.15) is 11.2 Å². The number of esters is 2. The molecule has 0 aromatic heterocycles. The Morgan fingerprint density at radius 3 is 1.85 bits per heavy atom. The van der Waals surface area contributed by atoms with Crippen LogP contribution in [0.25, 0.3) is 0 Å². The standard InChI is InChI=1S/C23H38O4/c1-7-18(14-22(5,6)20(25)27-21(2,3)4)19(24)26-23-11-15-8-16(12-23)10-17(9-15)13-23/h15-18H,7-14H2,1-6H3. The lowest BCUT2D eigenvalue weighted by Gasteiger charge is -2.56. The molecule has 4 fully saturated rings. The van der Waals surface area contributed by atoms with Crippen molar-refractivity contribution in [2.24, 2.45) is 29.1 Å². The molecule has 4 nitrogen and oxygen atoms in total. The van der Waals surface area contributed by atoms with Gasteiger partial charge in [-0.25, -0.2) is 0 Å². The lowest BCUT2D eigenvalue weighted by atomic mass is 9.54. The normalized spacial score (nSPS) is 33.6. The summed E-state index contributed by atoms with van der Waals surface area (Å²) in [6, 6.07) is 0. The average Bonchev–Trinajstić information content (AvgIpc) is 2.49. The van der Waals surface area contributed by atoms with Gasteiger partial charge in [0.15, 0.2) is 0 Å². The van der Waals surface area contributed by atoms with Crippen LogP contribution in [0.15, 0.2) is 0 Å². The largest absolute Gasteiger partial charge is 0.460 e. The molecule has 27 heavy (non-hydrogen) atoms. The van der Waals surface area contributed by atoms with E-state index in [-0.39, 0.29) is 23.5 Å². The van der Waals surface area contributed by atoms with E-state index >= 15 is 0 Å². The number of ether oxygens (including phenoxy) is 2. The first kappa shape index (κ1) is 20.7. The van der Waals surface area contributed by atoms with Crippen LogP contribution in [0, 0.1) is 29.1 Å². The van der Waals surface area contributed by atoms with Crippen molar-refractivity contribution in [2.75, 3.05) is 0 Å². The second-order valence-corrected chi connectivity index (χ2v) is 11.2. The molecular weight excluding hydrogens is 340 g/mol. The van der Waals surface area contributed by atoms with Crippen LogP contribution < -0.4 is 0 Å². The molecule has 0 heterocycles. The maximum absolute atomic E-state index is 13.1. The minimum atomic E-state index is -0.700. The molecule has 0 N–H and O–H groups in total. The van der Waals surface area contributed by atoms with Gasteiger partial charge in [-0.1, -0.05) is 6.92 Å². The Labute approximate surface area is 164 Å². The van der Waals surface area contributed by atoms with Gasteiger partial charge in [0.25, 0.3) is 0 Å². The molecule has 4 aliphatic rings. The van der Waals surface area contributed by atoms with Crippen molar-refractivity contribution >= 4 is 11.9 Å². The molecule has 154 valence electrons. The minimum absolute atomic E-state index is 0.101. The highest BCUT2D eigenvalue weighted by atomic mass is 16.6. The molecule has 0 aromatic carbocycles. The maximum atomic E-state index is 13.1. The van der Waals surface area contributed by atoms with Crippen LogP contribution in [0.2, 0.25) is 0 Å². The third-order valence-corrected chi connectivity index (χ3v) is 6.83. The van der Waals surface area contributed by atoms with Crippen LogP contribution in [0.5, 0.6) is 0 Å². The monoisotopic (exact) mass is 378 g/mol. The zero-order chi connectivity index (χ0) is 20.0. The Balaban J connectivity index is 1.63. The van der Waals surface area contributed by atoms with Gasteiger partial charge in [0, 0.05) is 0 Å². The summed E-state index contributed by atoms with van der Waals surface area (Å²) in [6.07, 6.45) is 8.32. The summed E-state index contributed by atoms with van der Waals surface area (Å²) in [4.78, 5) is 25.7. The van der Waals surface area contributed by atoms with Crippen molar-refractivity contribution in [1.82, 2.24) is 0 Å². The van der Waals surface area contributed by atoms with Gasteiger partial charge >= 0.3 is 11.9 Å². The molecule has 0 aliphatic heterocycles. The molecule has 0 radical (unpaired) electrons. The van der Waals surface area contributed by atoms with E-state index in [1.165, 1.54) is 19.3 Å². The van der Waals surface area contributed by atoms with Crippen LogP contribution in [-0.2, 0) is 19.1 Å². The summed E-state index contributed by atoms with van der Waals surface area (Å²) in [6.45, 7) is 11.4. The summed E-state index contributed by atoms with van der Waals surface area (Å²) in [5.41, 5.74) is -1.43. The molecule has 0 aromatic rings. The van der Waals surface area contributed by atoms with Crippen LogP contribution in [-0.4, -0.2) is 23.1 Å². The fourth-order valence-electron chi connectivity index (χ4n) is 5.96. The van der Waals surface area contributed by atoms with Gasteiger partial charge < -0.3 is 9.47 Å². The van der Waals surface area contributed by atoms with E-state index in [9.17, 15) is 9.59 Å². The third-order valence-electron chi connectivity index (χ3n) is 6.83. The van der Waals surface area contributed by atoms with Crippen molar-refractivity contribution in [2.45, 2.75) is 104 Å².